The fourth-order valence-corrected chi connectivity index (χ4v) is 3.21. The van der Waals surface area contributed by atoms with Crippen LogP contribution in [0.2, 0.25) is 0 Å². The number of ether oxygens (including phenoxy) is 1. The maximum absolute atomic E-state index is 12.3. The van der Waals surface area contributed by atoms with Crippen LogP contribution in [0.1, 0.15) is 52.0 Å². The lowest BCUT2D eigenvalue weighted by atomic mass is 9.88. The van der Waals surface area contributed by atoms with Crippen molar-refractivity contribution in [2.24, 2.45) is 5.92 Å². The maximum Gasteiger partial charge on any atom is 0.249 e. The number of benzene rings is 1. The highest BCUT2D eigenvalue weighted by Gasteiger charge is 2.25. The van der Waals surface area contributed by atoms with Crippen molar-refractivity contribution in [1.29, 1.82) is 0 Å². The van der Waals surface area contributed by atoms with Crippen molar-refractivity contribution >= 4 is 11.7 Å². The molecule has 0 spiro atoms. The van der Waals surface area contributed by atoms with Gasteiger partial charge in [-0.1, -0.05) is 50.1 Å². The van der Waals surface area contributed by atoms with E-state index in [1.807, 2.05) is 30.3 Å². The lowest BCUT2D eigenvalue weighted by Crippen LogP contribution is -2.45. The predicted octanol–water partition coefficient (Wildman–Crippen LogP) is 3.29. The third-order valence-electron chi connectivity index (χ3n) is 4.72. The van der Waals surface area contributed by atoms with E-state index in [0.717, 1.165) is 24.8 Å². The monoisotopic (exact) mass is 331 g/mol. The molecule has 0 aromatic heterocycles. The highest BCUT2D eigenvalue weighted by Crippen LogP contribution is 2.26. The summed E-state index contributed by atoms with van der Waals surface area (Å²) in [6.07, 6.45) is 4.40. The van der Waals surface area contributed by atoms with Crippen LogP contribution in [-0.2, 0) is 20.7 Å². The van der Waals surface area contributed by atoms with Crippen molar-refractivity contribution in [2.75, 3.05) is 0 Å². The molecule has 132 valence electrons. The highest BCUT2D eigenvalue weighted by molar-refractivity contribution is 5.91. The van der Waals surface area contributed by atoms with Crippen molar-refractivity contribution in [3.05, 3.63) is 35.9 Å². The summed E-state index contributed by atoms with van der Waals surface area (Å²) in [6, 6.07) is 9.07. The second-order valence-electron chi connectivity index (χ2n) is 7.03. The van der Waals surface area contributed by atoms with Gasteiger partial charge in [0.25, 0.3) is 0 Å². The Bertz CT molecular complexity index is 543. The molecule has 1 amide bonds. The SMILES string of the molecule is C[C@@H]1CCC[C@H](O[C@H](C)C(=O)N[C@@H](C)C(=O)Cc2ccccc2)C1. The fraction of sp³-hybridized carbons (Fsp3) is 0.600. The van der Waals surface area contributed by atoms with Gasteiger partial charge in [-0.2, -0.15) is 0 Å². The standard InChI is InChI=1S/C20H29NO3/c1-14-8-7-11-18(12-14)24-16(3)20(23)21-15(2)19(22)13-17-9-5-4-6-10-17/h4-6,9-10,14-16,18H,7-8,11-13H2,1-3H3,(H,21,23)/t14-,15+,16-,18+/m1/s1. The van der Waals surface area contributed by atoms with E-state index in [2.05, 4.69) is 12.2 Å². The Labute approximate surface area is 145 Å². The number of Topliss-reactive ketones (excluding diaryl/α,β-unsaturated/α-hetero) is 1. The molecule has 0 saturated heterocycles. The molecule has 4 nitrogen and oxygen atoms in total. The van der Waals surface area contributed by atoms with E-state index in [0.29, 0.717) is 12.3 Å². The van der Waals surface area contributed by atoms with E-state index in [1.54, 1.807) is 13.8 Å². The van der Waals surface area contributed by atoms with Crippen LogP contribution < -0.4 is 5.32 Å². The molecule has 2 rings (SSSR count). The minimum absolute atomic E-state index is 0.00744. The molecule has 1 aliphatic rings. The second kappa shape index (κ2) is 8.97. The number of ketones is 1. The van der Waals surface area contributed by atoms with E-state index < -0.39 is 12.1 Å². The molecule has 24 heavy (non-hydrogen) atoms. The van der Waals surface area contributed by atoms with Crippen molar-refractivity contribution in [2.45, 2.75) is 71.1 Å². The van der Waals surface area contributed by atoms with Crippen LogP contribution in [-0.4, -0.2) is 29.9 Å². The van der Waals surface area contributed by atoms with Gasteiger partial charge in [0.05, 0.1) is 12.1 Å². The van der Waals surface area contributed by atoms with Crippen LogP contribution in [0.4, 0.5) is 0 Å². The first kappa shape index (κ1) is 18.7. The van der Waals surface area contributed by atoms with Crippen LogP contribution in [0.3, 0.4) is 0 Å². The summed E-state index contributed by atoms with van der Waals surface area (Å²) in [6.45, 7) is 5.73. The molecule has 0 heterocycles. The molecule has 0 radical (unpaired) electrons. The van der Waals surface area contributed by atoms with Crippen LogP contribution in [0.5, 0.6) is 0 Å². The fourth-order valence-electron chi connectivity index (χ4n) is 3.21. The summed E-state index contributed by atoms with van der Waals surface area (Å²) >= 11 is 0. The first-order chi connectivity index (χ1) is 11.5. The van der Waals surface area contributed by atoms with Gasteiger partial charge in [0.2, 0.25) is 5.91 Å². The lowest BCUT2D eigenvalue weighted by Gasteiger charge is -2.29. The normalized spacial score (nSPS) is 23.3. The Hall–Kier alpha value is -1.68. The Kier molecular flexibility index (Phi) is 6.98. The average molecular weight is 331 g/mol. The third-order valence-corrected chi connectivity index (χ3v) is 4.72. The molecule has 1 fully saturated rings. The summed E-state index contributed by atoms with van der Waals surface area (Å²) in [5, 5.41) is 2.79. The molecule has 4 atom stereocenters. The lowest BCUT2D eigenvalue weighted by molar-refractivity contribution is -0.139. The molecule has 0 bridgehead atoms. The van der Waals surface area contributed by atoms with Gasteiger partial charge in [0, 0.05) is 6.42 Å². The van der Waals surface area contributed by atoms with Crippen LogP contribution >= 0.6 is 0 Å². The minimum atomic E-state index is -0.521. The van der Waals surface area contributed by atoms with E-state index >= 15 is 0 Å². The van der Waals surface area contributed by atoms with Gasteiger partial charge in [0.1, 0.15) is 6.10 Å². The number of hydrogen-bond donors (Lipinski definition) is 1. The van der Waals surface area contributed by atoms with Gasteiger partial charge < -0.3 is 10.1 Å². The summed E-state index contributed by atoms with van der Waals surface area (Å²) in [5.41, 5.74) is 0.962. The van der Waals surface area contributed by atoms with Gasteiger partial charge >= 0.3 is 0 Å². The smallest absolute Gasteiger partial charge is 0.249 e. The molecular weight excluding hydrogens is 302 g/mol. The van der Waals surface area contributed by atoms with Gasteiger partial charge in [0.15, 0.2) is 5.78 Å². The second-order valence-corrected chi connectivity index (χ2v) is 7.03. The largest absolute Gasteiger partial charge is 0.365 e. The molecule has 1 aromatic carbocycles. The Morgan fingerprint density at radius 2 is 1.92 bits per heavy atom. The maximum atomic E-state index is 12.3. The summed E-state index contributed by atoms with van der Waals surface area (Å²) in [4.78, 5) is 24.5. The molecule has 1 saturated carbocycles. The first-order valence-electron chi connectivity index (χ1n) is 8.98. The van der Waals surface area contributed by atoms with E-state index in [1.165, 1.54) is 6.42 Å². The van der Waals surface area contributed by atoms with Gasteiger partial charge in [-0.3, -0.25) is 9.59 Å². The summed E-state index contributed by atoms with van der Waals surface area (Å²) in [7, 11) is 0. The zero-order valence-corrected chi connectivity index (χ0v) is 15.0. The topological polar surface area (TPSA) is 55.4 Å². The van der Waals surface area contributed by atoms with E-state index in [-0.39, 0.29) is 17.8 Å². The number of nitrogens with one attached hydrogen (secondary N) is 1. The van der Waals surface area contributed by atoms with E-state index in [9.17, 15) is 9.59 Å². The number of rotatable bonds is 7. The predicted molar refractivity (Wildman–Crippen MR) is 94.7 cm³/mol. The number of hydrogen-bond acceptors (Lipinski definition) is 3. The zero-order valence-electron chi connectivity index (χ0n) is 15.0. The first-order valence-corrected chi connectivity index (χ1v) is 8.98. The van der Waals surface area contributed by atoms with Gasteiger partial charge in [-0.15, -0.1) is 0 Å². The molecule has 0 aliphatic heterocycles. The molecule has 1 aromatic rings. The van der Waals surface area contributed by atoms with Gasteiger partial charge in [-0.25, -0.2) is 0 Å². The number of carbonyl (C=O) groups is 2. The summed E-state index contributed by atoms with van der Waals surface area (Å²) in [5.74, 6) is 0.459. The van der Waals surface area contributed by atoms with Crippen molar-refractivity contribution in [3.63, 3.8) is 0 Å². The average Bonchev–Trinajstić information content (AvgIpc) is 2.55. The quantitative estimate of drug-likeness (QED) is 0.834. The van der Waals surface area contributed by atoms with Crippen LogP contribution in [0.25, 0.3) is 0 Å². The van der Waals surface area contributed by atoms with E-state index in [4.69, 9.17) is 4.74 Å². The minimum Gasteiger partial charge on any atom is -0.365 e. The Morgan fingerprint density at radius 1 is 1.21 bits per heavy atom. The number of carbonyl (C=O) groups excluding carboxylic acids is 2. The third kappa shape index (κ3) is 5.75. The highest BCUT2D eigenvalue weighted by atomic mass is 16.5. The van der Waals surface area contributed by atoms with Crippen molar-refractivity contribution in [3.8, 4) is 0 Å². The van der Waals surface area contributed by atoms with Gasteiger partial charge in [-0.05, 0) is 38.2 Å². The zero-order chi connectivity index (χ0) is 17.5. The van der Waals surface area contributed by atoms with Crippen LogP contribution in [0.15, 0.2) is 30.3 Å². The molecule has 1 N–H and O–H groups in total. The van der Waals surface area contributed by atoms with Crippen molar-refractivity contribution in [1.82, 2.24) is 5.32 Å². The molecule has 0 unspecified atom stereocenters. The Morgan fingerprint density at radius 3 is 2.58 bits per heavy atom. The summed E-state index contributed by atoms with van der Waals surface area (Å²) < 4.78 is 5.90. The van der Waals surface area contributed by atoms with Crippen LogP contribution in [0, 0.1) is 5.92 Å². The molecule has 1 aliphatic carbocycles. The van der Waals surface area contributed by atoms with Crippen molar-refractivity contribution < 1.29 is 14.3 Å². The Balaban J connectivity index is 1.78. The number of amides is 1. The molecule has 4 heteroatoms. The molecular formula is C20H29NO3.